The van der Waals surface area contributed by atoms with Gasteiger partial charge in [0, 0.05) is 6.54 Å². The van der Waals surface area contributed by atoms with Crippen molar-refractivity contribution >= 4 is 11.8 Å². The summed E-state index contributed by atoms with van der Waals surface area (Å²) in [5.74, 6) is -0.705. The molecule has 0 fully saturated rings. The van der Waals surface area contributed by atoms with Crippen LogP contribution in [0.1, 0.15) is 19.4 Å². The SMILES string of the molecule is CC(C)(CNC(=O)COCc1ccccc1)C(N)=O. The molecule has 0 heterocycles. The van der Waals surface area contributed by atoms with E-state index in [1.54, 1.807) is 13.8 Å². The molecule has 0 saturated heterocycles. The summed E-state index contributed by atoms with van der Waals surface area (Å²) in [5, 5.41) is 2.63. The van der Waals surface area contributed by atoms with Crippen molar-refractivity contribution in [3.8, 4) is 0 Å². The number of benzene rings is 1. The van der Waals surface area contributed by atoms with Gasteiger partial charge >= 0.3 is 0 Å². The molecule has 0 spiro atoms. The normalized spacial score (nSPS) is 11.1. The molecule has 1 rings (SSSR count). The second-order valence-electron chi connectivity index (χ2n) is 5.00. The molecule has 0 radical (unpaired) electrons. The molecule has 0 aliphatic heterocycles. The zero-order valence-electron chi connectivity index (χ0n) is 11.3. The molecule has 0 saturated carbocycles. The highest BCUT2D eigenvalue weighted by Gasteiger charge is 2.25. The van der Waals surface area contributed by atoms with Crippen molar-refractivity contribution in [1.82, 2.24) is 5.32 Å². The fraction of sp³-hybridized carbons (Fsp3) is 0.429. The number of hydrogen-bond acceptors (Lipinski definition) is 3. The van der Waals surface area contributed by atoms with Crippen LogP contribution in [0, 0.1) is 5.41 Å². The summed E-state index contributed by atoms with van der Waals surface area (Å²) < 4.78 is 5.28. The lowest BCUT2D eigenvalue weighted by molar-refractivity contribution is -0.129. The van der Waals surface area contributed by atoms with Crippen LogP contribution in [0.2, 0.25) is 0 Å². The number of carbonyl (C=O) groups excluding carboxylic acids is 2. The Kier molecular flexibility index (Phi) is 5.51. The second-order valence-corrected chi connectivity index (χ2v) is 5.00. The van der Waals surface area contributed by atoms with Gasteiger partial charge in [-0.1, -0.05) is 30.3 Å². The number of carbonyl (C=O) groups is 2. The van der Waals surface area contributed by atoms with Gasteiger partial charge in [0.2, 0.25) is 11.8 Å². The molecule has 5 heteroatoms. The zero-order valence-corrected chi connectivity index (χ0v) is 11.3. The number of primary amides is 1. The molecular weight excluding hydrogens is 244 g/mol. The van der Waals surface area contributed by atoms with E-state index in [-0.39, 0.29) is 19.1 Å². The Labute approximate surface area is 113 Å². The minimum atomic E-state index is -0.755. The Bertz CT molecular complexity index is 430. The monoisotopic (exact) mass is 264 g/mol. The van der Waals surface area contributed by atoms with E-state index in [1.807, 2.05) is 30.3 Å². The number of ether oxygens (including phenoxy) is 1. The van der Waals surface area contributed by atoms with Crippen LogP contribution in [0.5, 0.6) is 0 Å². The summed E-state index contributed by atoms with van der Waals surface area (Å²) in [6.45, 7) is 3.91. The van der Waals surface area contributed by atoms with E-state index >= 15 is 0 Å². The first-order valence-corrected chi connectivity index (χ1v) is 6.10. The predicted molar refractivity (Wildman–Crippen MR) is 72.1 cm³/mol. The van der Waals surface area contributed by atoms with Crippen LogP contribution >= 0.6 is 0 Å². The Morgan fingerprint density at radius 1 is 1.26 bits per heavy atom. The maximum absolute atomic E-state index is 11.5. The topological polar surface area (TPSA) is 81.4 Å². The quantitative estimate of drug-likeness (QED) is 0.765. The van der Waals surface area contributed by atoms with E-state index in [0.717, 1.165) is 5.56 Å². The summed E-state index contributed by atoms with van der Waals surface area (Å²) in [7, 11) is 0. The lowest BCUT2D eigenvalue weighted by Gasteiger charge is -2.20. The highest BCUT2D eigenvalue weighted by Crippen LogP contribution is 2.11. The Balaban J connectivity index is 2.24. The maximum Gasteiger partial charge on any atom is 0.246 e. The lowest BCUT2D eigenvalue weighted by Crippen LogP contribution is -2.43. The Morgan fingerprint density at radius 3 is 2.47 bits per heavy atom. The molecule has 0 aromatic heterocycles. The fourth-order valence-corrected chi connectivity index (χ4v) is 1.29. The largest absolute Gasteiger partial charge is 0.369 e. The van der Waals surface area contributed by atoms with Gasteiger partial charge in [0.1, 0.15) is 6.61 Å². The summed E-state index contributed by atoms with van der Waals surface area (Å²) >= 11 is 0. The number of nitrogens with two attached hydrogens (primary N) is 1. The van der Waals surface area contributed by atoms with E-state index in [1.165, 1.54) is 0 Å². The number of amides is 2. The van der Waals surface area contributed by atoms with Gasteiger partial charge in [-0.05, 0) is 19.4 Å². The van der Waals surface area contributed by atoms with Crippen LogP contribution in [0.3, 0.4) is 0 Å². The van der Waals surface area contributed by atoms with E-state index in [0.29, 0.717) is 6.61 Å². The van der Waals surface area contributed by atoms with Crippen molar-refractivity contribution in [3.05, 3.63) is 35.9 Å². The molecule has 0 aliphatic carbocycles. The summed E-state index contributed by atoms with van der Waals surface area (Å²) in [4.78, 5) is 22.6. The third-order valence-electron chi connectivity index (χ3n) is 2.74. The van der Waals surface area contributed by atoms with E-state index in [4.69, 9.17) is 10.5 Å². The minimum Gasteiger partial charge on any atom is -0.369 e. The molecule has 19 heavy (non-hydrogen) atoms. The number of hydrogen-bond donors (Lipinski definition) is 2. The molecule has 104 valence electrons. The minimum absolute atomic E-state index is 0.0380. The van der Waals surface area contributed by atoms with E-state index in [2.05, 4.69) is 5.32 Å². The predicted octanol–water partition coefficient (Wildman–Crippen LogP) is 0.831. The van der Waals surface area contributed by atoms with Crippen LogP contribution in [0.15, 0.2) is 30.3 Å². The number of nitrogens with one attached hydrogen (secondary N) is 1. The van der Waals surface area contributed by atoms with E-state index in [9.17, 15) is 9.59 Å². The van der Waals surface area contributed by atoms with Gasteiger partial charge in [-0.15, -0.1) is 0 Å². The Hall–Kier alpha value is -1.88. The molecular formula is C14H20N2O3. The first-order chi connectivity index (χ1) is 8.92. The fourth-order valence-electron chi connectivity index (χ4n) is 1.29. The molecule has 0 atom stereocenters. The molecule has 0 unspecified atom stereocenters. The van der Waals surface area contributed by atoms with Gasteiger partial charge < -0.3 is 15.8 Å². The highest BCUT2D eigenvalue weighted by molar-refractivity contribution is 5.82. The molecule has 1 aromatic carbocycles. The Morgan fingerprint density at radius 2 is 1.89 bits per heavy atom. The van der Waals surface area contributed by atoms with Crippen molar-refractivity contribution < 1.29 is 14.3 Å². The average Bonchev–Trinajstić information content (AvgIpc) is 2.37. The zero-order chi connectivity index (χ0) is 14.3. The second kappa shape index (κ2) is 6.89. The first-order valence-electron chi connectivity index (χ1n) is 6.10. The molecule has 3 N–H and O–H groups in total. The third-order valence-corrected chi connectivity index (χ3v) is 2.74. The van der Waals surface area contributed by atoms with Crippen LogP contribution in [0.25, 0.3) is 0 Å². The van der Waals surface area contributed by atoms with Crippen LogP contribution in [-0.2, 0) is 20.9 Å². The van der Waals surface area contributed by atoms with Crippen molar-refractivity contribution in [1.29, 1.82) is 0 Å². The summed E-state index contributed by atoms with van der Waals surface area (Å²) in [5.41, 5.74) is 5.46. The standard InChI is InChI=1S/C14H20N2O3/c1-14(2,13(15)18)10-16-12(17)9-19-8-11-6-4-3-5-7-11/h3-7H,8-10H2,1-2H3,(H2,15,18)(H,16,17). The van der Waals surface area contributed by atoms with Gasteiger partial charge in [-0.2, -0.15) is 0 Å². The maximum atomic E-state index is 11.5. The first kappa shape index (κ1) is 15.2. The molecule has 1 aromatic rings. The summed E-state index contributed by atoms with van der Waals surface area (Å²) in [6, 6.07) is 9.59. The highest BCUT2D eigenvalue weighted by atomic mass is 16.5. The molecule has 5 nitrogen and oxygen atoms in total. The van der Waals surface area contributed by atoms with Crippen molar-refractivity contribution in [2.45, 2.75) is 20.5 Å². The third kappa shape index (κ3) is 5.52. The van der Waals surface area contributed by atoms with Crippen molar-refractivity contribution in [2.75, 3.05) is 13.2 Å². The van der Waals surface area contributed by atoms with Gasteiger partial charge in [0.05, 0.1) is 12.0 Å². The van der Waals surface area contributed by atoms with Gasteiger partial charge in [0.15, 0.2) is 0 Å². The van der Waals surface area contributed by atoms with Gasteiger partial charge in [0.25, 0.3) is 0 Å². The molecule has 2 amide bonds. The summed E-state index contributed by atoms with van der Waals surface area (Å²) in [6.07, 6.45) is 0. The smallest absolute Gasteiger partial charge is 0.246 e. The van der Waals surface area contributed by atoms with Crippen molar-refractivity contribution in [3.63, 3.8) is 0 Å². The van der Waals surface area contributed by atoms with E-state index < -0.39 is 11.3 Å². The average molecular weight is 264 g/mol. The molecule has 0 bridgehead atoms. The molecule has 0 aliphatic rings. The number of rotatable bonds is 7. The van der Waals surface area contributed by atoms with Crippen LogP contribution in [-0.4, -0.2) is 25.0 Å². The van der Waals surface area contributed by atoms with Crippen LogP contribution in [0.4, 0.5) is 0 Å². The lowest BCUT2D eigenvalue weighted by atomic mass is 9.93. The van der Waals surface area contributed by atoms with Crippen molar-refractivity contribution in [2.24, 2.45) is 11.1 Å². The van der Waals surface area contributed by atoms with Gasteiger partial charge in [-0.25, -0.2) is 0 Å². The van der Waals surface area contributed by atoms with Crippen LogP contribution < -0.4 is 11.1 Å². The van der Waals surface area contributed by atoms with Gasteiger partial charge in [-0.3, -0.25) is 9.59 Å².